The van der Waals surface area contributed by atoms with Gasteiger partial charge in [0.1, 0.15) is 0 Å². The lowest BCUT2D eigenvalue weighted by atomic mass is 10.2. The molecule has 1 N–H and O–H groups in total. The van der Waals surface area contributed by atoms with Gasteiger partial charge in [-0.15, -0.1) is 11.3 Å². The van der Waals surface area contributed by atoms with Gasteiger partial charge in [0.2, 0.25) is 0 Å². The second-order valence-electron chi connectivity index (χ2n) is 3.13. The van der Waals surface area contributed by atoms with Crippen LogP contribution < -0.4 is 0 Å². The van der Waals surface area contributed by atoms with Crippen molar-refractivity contribution in [2.24, 2.45) is 0 Å². The van der Waals surface area contributed by atoms with Gasteiger partial charge in [-0.05, 0) is 30.5 Å². The molecule has 0 saturated carbocycles. The average molecular weight is 237 g/mol. The summed E-state index contributed by atoms with van der Waals surface area (Å²) in [6.07, 6.45) is 1.30. The number of hydrogen-bond acceptors (Lipinski definition) is 4. The van der Waals surface area contributed by atoms with Crippen LogP contribution >= 0.6 is 23.1 Å². The molecule has 0 bridgehead atoms. The van der Waals surface area contributed by atoms with Gasteiger partial charge in [0, 0.05) is 11.1 Å². The molecule has 0 amide bonds. The Balaban J connectivity index is 2.11. The maximum Gasteiger partial charge on any atom is 0.0931 e. The summed E-state index contributed by atoms with van der Waals surface area (Å²) in [6.45, 7) is 1.72. The van der Waals surface area contributed by atoms with Crippen molar-refractivity contribution in [1.82, 2.24) is 4.98 Å². The lowest BCUT2D eigenvalue weighted by Crippen LogP contribution is -1.93. The van der Waals surface area contributed by atoms with Crippen LogP contribution in [0.4, 0.5) is 0 Å². The largest absolute Gasteiger partial charge is 0.387 e. The summed E-state index contributed by atoms with van der Waals surface area (Å²) >= 11 is 3.40. The number of thiophene rings is 1. The molecule has 1 unspecified atom stereocenters. The van der Waals surface area contributed by atoms with Crippen LogP contribution in [-0.2, 0) is 0 Å². The van der Waals surface area contributed by atoms with Crippen LogP contribution in [-0.4, -0.2) is 10.1 Å². The fraction of sp³-hybridized carbons (Fsp3) is 0.182. The van der Waals surface area contributed by atoms with Gasteiger partial charge in [-0.25, -0.2) is 0 Å². The quantitative estimate of drug-likeness (QED) is 0.888. The number of nitrogens with zero attached hydrogens (tertiary/aromatic N) is 1. The van der Waals surface area contributed by atoms with Gasteiger partial charge in [0.05, 0.1) is 16.0 Å². The first kappa shape index (κ1) is 10.7. The molecule has 2 rings (SSSR count). The topological polar surface area (TPSA) is 33.1 Å². The van der Waals surface area contributed by atoms with E-state index in [4.69, 9.17) is 0 Å². The van der Waals surface area contributed by atoms with Crippen LogP contribution in [0.3, 0.4) is 0 Å². The lowest BCUT2D eigenvalue weighted by molar-refractivity contribution is 0.194. The van der Waals surface area contributed by atoms with Gasteiger partial charge in [-0.2, -0.15) is 0 Å². The molecule has 0 radical (unpaired) electrons. The zero-order valence-corrected chi connectivity index (χ0v) is 9.89. The molecular weight excluding hydrogens is 226 g/mol. The Kier molecular flexibility index (Phi) is 3.41. The highest BCUT2D eigenvalue weighted by Gasteiger charge is 2.03. The molecule has 0 aliphatic carbocycles. The summed E-state index contributed by atoms with van der Waals surface area (Å²) in [5.41, 5.74) is 0.713. The van der Waals surface area contributed by atoms with Crippen molar-refractivity contribution in [3.05, 3.63) is 41.5 Å². The second-order valence-corrected chi connectivity index (χ2v) is 5.45. The minimum atomic E-state index is -0.495. The highest BCUT2D eigenvalue weighted by atomic mass is 32.2. The standard InChI is InChI=1S/C11H11NOS2/c1-8(13)10-5-4-9(7-12-10)15-11-3-2-6-14-11/h2-8,13H,1H3. The maximum atomic E-state index is 9.30. The maximum absolute atomic E-state index is 9.30. The molecule has 0 aliphatic rings. The minimum absolute atomic E-state index is 0.495. The zero-order valence-electron chi connectivity index (χ0n) is 8.25. The number of aliphatic hydroxyl groups is 1. The third kappa shape index (κ3) is 2.81. The summed E-state index contributed by atoms with van der Waals surface area (Å²) in [5, 5.41) is 11.4. The van der Waals surface area contributed by atoms with E-state index in [1.807, 2.05) is 18.2 Å². The Labute approximate surface area is 97.0 Å². The average Bonchev–Trinajstić information content (AvgIpc) is 2.71. The fourth-order valence-corrected chi connectivity index (χ4v) is 2.85. The van der Waals surface area contributed by atoms with E-state index in [0.717, 1.165) is 4.90 Å². The van der Waals surface area contributed by atoms with E-state index in [-0.39, 0.29) is 0 Å². The molecule has 0 fully saturated rings. The monoisotopic (exact) mass is 237 g/mol. The molecule has 0 aromatic carbocycles. The van der Waals surface area contributed by atoms with Crippen LogP contribution in [0.15, 0.2) is 44.9 Å². The number of aromatic nitrogens is 1. The second kappa shape index (κ2) is 4.79. The third-order valence-electron chi connectivity index (χ3n) is 1.90. The number of hydrogen-bond donors (Lipinski definition) is 1. The van der Waals surface area contributed by atoms with Crippen molar-refractivity contribution in [3.63, 3.8) is 0 Å². The van der Waals surface area contributed by atoms with Crippen LogP contribution in [0, 0.1) is 0 Å². The first-order valence-corrected chi connectivity index (χ1v) is 6.30. The van der Waals surface area contributed by atoms with E-state index in [9.17, 15) is 5.11 Å². The molecule has 2 heterocycles. The first-order chi connectivity index (χ1) is 7.25. The van der Waals surface area contributed by atoms with Crippen LogP contribution in [0.2, 0.25) is 0 Å². The molecule has 4 heteroatoms. The van der Waals surface area contributed by atoms with Crippen molar-refractivity contribution in [1.29, 1.82) is 0 Å². The Morgan fingerprint density at radius 3 is 2.80 bits per heavy atom. The molecule has 1 atom stereocenters. The molecule has 15 heavy (non-hydrogen) atoms. The SMILES string of the molecule is CC(O)c1ccc(Sc2cccs2)cn1. The highest BCUT2D eigenvalue weighted by Crippen LogP contribution is 2.30. The highest BCUT2D eigenvalue weighted by molar-refractivity contribution is 8.01. The van der Waals surface area contributed by atoms with E-state index < -0.39 is 6.10 Å². The van der Waals surface area contributed by atoms with E-state index in [0.29, 0.717) is 5.69 Å². The molecule has 0 aliphatic heterocycles. The zero-order chi connectivity index (χ0) is 10.7. The fourth-order valence-electron chi connectivity index (χ4n) is 1.14. The van der Waals surface area contributed by atoms with Crippen LogP contribution in [0.25, 0.3) is 0 Å². The van der Waals surface area contributed by atoms with Crippen molar-refractivity contribution >= 4 is 23.1 Å². The van der Waals surface area contributed by atoms with Crippen LogP contribution in [0.5, 0.6) is 0 Å². The molecule has 78 valence electrons. The number of aliphatic hydroxyl groups excluding tert-OH is 1. The molecule has 0 saturated heterocycles. The summed E-state index contributed by atoms with van der Waals surface area (Å²) in [7, 11) is 0. The Morgan fingerprint density at radius 2 is 2.27 bits per heavy atom. The summed E-state index contributed by atoms with van der Waals surface area (Å²) < 4.78 is 1.25. The van der Waals surface area contributed by atoms with Gasteiger partial charge in [0.25, 0.3) is 0 Å². The van der Waals surface area contributed by atoms with E-state index >= 15 is 0 Å². The van der Waals surface area contributed by atoms with E-state index in [2.05, 4.69) is 16.4 Å². The molecule has 2 aromatic heterocycles. The molecule has 2 nitrogen and oxygen atoms in total. The van der Waals surface area contributed by atoms with Gasteiger partial charge in [-0.1, -0.05) is 17.8 Å². The van der Waals surface area contributed by atoms with Gasteiger partial charge >= 0.3 is 0 Å². The normalized spacial score (nSPS) is 12.7. The number of pyridine rings is 1. The minimum Gasteiger partial charge on any atom is -0.387 e. The van der Waals surface area contributed by atoms with Crippen molar-refractivity contribution in [2.75, 3.05) is 0 Å². The summed E-state index contributed by atoms with van der Waals surface area (Å²) in [4.78, 5) is 5.29. The molecule has 0 spiro atoms. The third-order valence-corrected chi connectivity index (χ3v) is 3.92. The summed E-state index contributed by atoms with van der Waals surface area (Å²) in [5.74, 6) is 0. The van der Waals surface area contributed by atoms with Gasteiger partial charge in [0.15, 0.2) is 0 Å². The van der Waals surface area contributed by atoms with Gasteiger partial charge in [-0.3, -0.25) is 4.98 Å². The lowest BCUT2D eigenvalue weighted by Gasteiger charge is -2.03. The summed E-state index contributed by atoms with van der Waals surface area (Å²) in [6, 6.07) is 7.96. The van der Waals surface area contributed by atoms with Crippen molar-refractivity contribution in [3.8, 4) is 0 Å². The van der Waals surface area contributed by atoms with Gasteiger partial charge < -0.3 is 5.11 Å². The van der Waals surface area contributed by atoms with E-state index in [1.165, 1.54) is 4.21 Å². The smallest absolute Gasteiger partial charge is 0.0931 e. The van der Waals surface area contributed by atoms with Crippen molar-refractivity contribution in [2.45, 2.75) is 22.1 Å². The molecule has 2 aromatic rings. The Morgan fingerprint density at radius 1 is 1.40 bits per heavy atom. The first-order valence-electron chi connectivity index (χ1n) is 4.61. The Hall–Kier alpha value is -0.840. The number of rotatable bonds is 3. The van der Waals surface area contributed by atoms with Crippen molar-refractivity contribution < 1.29 is 5.11 Å². The van der Waals surface area contributed by atoms with E-state index in [1.54, 1.807) is 36.2 Å². The predicted molar refractivity (Wildman–Crippen MR) is 63.3 cm³/mol. The Bertz CT molecular complexity index is 409. The van der Waals surface area contributed by atoms with Crippen LogP contribution in [0.1, 0.15) is 18.7 Å². The molecular formula is C11H11NOS2. The predicted octanol–water partition coefficient (Wildman–Crippen LogP) is 3.35.